The molecule has 34 heavy (non-hydrogen) atoms. The van der Waals surface area contributed by atoms with Crippen LogP contribution < -0.4 is 11.1 Å². The predicted octanol–water partition coefficient (Wildman–Crippen LogP) is 1.05. The number of nitrogens with zero attached hydrogens (tertiary/aromatic N) is 4. The van der Waals surface area contributed by atoms with Crippen LogP contribution >= 0.6 is 23.1 Å². The van der Waals surface area contributed by atoms with Crippen LogP contribution in [0.25, 0.3) is 6.08 Å². The Morgan fingerprint density at radius 2 is 2.32 bits per heavy atom. The number of rotatable bonds is 8. The van der Waals surface area contributed by atoms with Gasteiger partial charge in [-0.25, -0.2) is 4.98 Å². The van der Waals surface area contributed by atoms with Crippen molar-refractivity contribution in [3.63, 3.8) is 0 Å². The molecule has 4 N–H and O–H groups in total. The maximum atomic E-state index is 12.9. The molecule has 13 heteroatoms. The molecule has 2 amide bonds. The van der Waals surface area contributed by atoms with Gasteiger partial charge in [-0.2, -0.15) is 0 Å². The van der Waals surface area contributed by atoms with Crippen molar-refractivity contribution in [1.29, 1.82) is 0 Å². The first kappa shape index (κ1) is 23.7. The van der Waals surface area contributed by atoms with Gasteiger partial charge in [0.05, 0.1) is 0 Å². The van der Waals surface area contributed by atoms with E-state index in [2.05, 4.69) is 20.4 Å². The number of hydrogen-bond acceptors (Lipinski definition) is 10. The molecular weight excluding hydrogens is 480 g/mol. The summed E-state index contributed by atoms with van der Waals surface area (Å²) in [6, 6.07) is 2.76. The van der Waals surface area contributed by atoms with E-state index in [0.29, 0.717) is 0 Å². The SMILES string of the molecule is CCON=C(C(=O)NC1C(=O)N2CC(C=Cc3cccnc3)(C(=O)O)CS[C@H]12)c1csc(N)n1. The van der Waals surface area contributed by atoms with Gasteiger partial charge in [0.15, 0.2) is 10.8 Å². The van der Waals surface area contributed by atoms with Gasteiger partial charge < -0.3 is 25.9 Å². The summed E-state index contributed by atoms with van der Waals surface area (Å²) in [4.78, 5) is 52.5. The third-order valence-corrected chi connectivity index (χ3v) is 7.59. The van der Waals surface area contributed by atoms with Crippen LogP contribution in [0.2, 0.25) is 0 Å². The zero-order chi connectivity index (χ0) is 24.3. The third kappa shape index (κ3) is 4.61. The number of carbonyl (C=O) groups excluding carboxylic acids is 2. The molecule has 0 aliphatic carbocycles. The van der Waals surface area contributed by atoms with Crippen LogP contribution in [0.15, 0.2) is 41.1 Å². The molecule has 2 aliphatic heterocycles. The molecule has 0 aromatic carbocycles. The Kier molecular flexibility index (Phi) is 6.84. The normalized spacial score (nSPS) is 24.4. The molecule has 11 nitrogen and oxygen atoms in total. The number of thiazole rings is 1. The molecule has 2 aromatic rings. The summed E-state index contributed by atoms with van der Waals surface area (Å²) in [5, 5.41) is 17.9. The lowest BCUT2D eigenvalue weighted by Crippen LogP contribution is -2.73. The first-order chi connectivity index (χ1) is 16.3. The minimum atomic E-state index is -1.25. The Morgan fingerprint density at radius 1 is 1.50 bits per heavy atom. The summed E-state index contributed by atoms with van der Waals surface area (Å²) < 4.78 is 0. The molecule has 2 aliphatic rings. The lowest BCUT2D eigenvalue weighted by atomic mass is 9.86. The molecule has 2 unspecified atom stereocenters. The molecule has 0 radical (unpaired) electrons. The van der Waals surface area contributed by atoms with E-state index in [1.54, 1.807) is 42.9 Å². The fraction of sp³-hybridized carbons (Fsp3) is 0.333. The van der Waals surface area contributed by atoms with Crippen LogP contribution in [0.1, 0.15) is 18.2 Å². The second-order valence-corrected chi connectivity index (χ2v) is 9.62. The zero-order valence-corrected chi connectivity index (χ0v) is 19.7. The number of oxime groups is 1. The Labute approximate surface area is 203 Å². The number of aliphatic carboxylic acids is 1. The van der Waals surface area contributed by atoms with Crippen LogP contribution in [0.3, 0.4) is 0 Å². The minimum absolute atomic E-state index is 0.00444. The van der Waals surface area contributed by atoms with Crippen molar-refractivity contribution < 1.29 is 24.3 Å². The van der Waals surface area contributed by atoms with E-state index >= 15 is 0 Å². The van der Waals surface area contributed by atoms with Crippen molar-refractivity contribution in [1.82, 2.24) is 20.2 Å². The number of carboxylic acid groups (broad SMARTS) is 1. The first-order valence-corrected chi connectivity index (χ1v) is 12.2. The van der Waals surface area contributed by atoms with Gasteiger partial charge in [0.1, 0.15) is 29.1 Å². The quantitative estimate of drug-likeness (QED) is 0.272. The lowest BCUT2D eigenvalue weighted by molar-refractivity contribution is -0.155. The van der Waals surface area contributed by atoms with Crippen LogP contribution in [0.5, 0.6) is 0 Å². The van der Waals surface area contributed by atoms with Crippen molar-refractivity contribution in [2.45, 2.75) is 18.3 Å². The molecular formula is C21H22N6O5S2. The summed E-state index contributed by atoms with van der Waals surface area (Å²) in [6.07, 6.45) is 6.56. The maximum absolute atomic E-state index is 12.9. The highest BCUT2D eigenvalue weighted by Crippen LogP contribution is 2.43. The summed E-state index contributed by atoms with van der Waals surface area (Å²) in [5.41, 5.74) is 5.34. The Balaban J connectivity index is 1.46. The number of amides is 2. The fourth-order valence-corrected chi connectivity index (χ4v) is 5.63. The highest BCUT2D eigenvalue weighted by Gasteiger charge is 2.56. The van der Waals surface area contributed by atoms with E-state index in [1.165, 1.54) is 16.7 Å². The molecule has 4 rings (SSSR count). The van der Waals surface area contributed by atoms with Crippen LogP contribution in [-0.4, -0.2) is 73.8 Å². The van der Waals surface area contributed by atoms with Crippen LogP contribution in [-0.2, 0) is 19.2 Å². The highest BCUT2D eigenvalue weighted by molar-refractivity contribution is 8.00. The van der Waals surface area contributed by atoms with E-state index in [4.69, 9.17) is 10.6 Å². The number of nitrogens with two attached hydrogens (primary N) is 1. The number of anilines is 1. The van der Waals surface area contributed by atoms with E-state index < -0.39 is 23.3 Å². The number of fused-ring (bicyclic) bond motifs is 1. The van der Waals surface area contributed by atoms with E-state index in [9.17, 15) is 19.5 Å². The number of carbonyl (C=O) groups is 3. The second kappa shape index (κ2) is 9.81. The van der Waals surface area contributed by atoms with Crippen LogP contribution in [0.4, 0.5) is 5.13 Å². The second-order valence-electron chi connectivity index (χ2n) is 7.63. The largest absolute Gasteiger partial charge is 0.481 e. The van der Waals surface area contributed by atoms with Crippen molar-refractivity contribution in [3.05, 3.63) is 47.2 Å². The topological polar surface area (TPSA) is 160 Å². The summed E-state index contributed by atoms with van der Waals surface area (Å²) >= 11 is 2.46. The maximum Gasteiger partial charge on any atom is 0.316 e. The molecule has 2 saturated heterocycles. The molecule has 3 atom stereocenters. The highest BCUT2D eigenvalue weighted by atomic mass is 32.2. The van der Waals surface area contributed by atoms with E-state index in [-0.39, 0.29) is 46.7 Å². The van der Waals surface area contributed by atoms with Crippen molar-refractivity contribution in [2.24, 2.45) is 10.6 Å². The van der Waals surface area contributed by atoms with Gasteiger partial charge in [-0.3, -0.25) is 19.4 Å². The van der Waals surface area contributed by atoms with Gasteiger partial charge in [0.25, 0.3) is 5.91 Å². The van der Waals surface area contributed by atoms with E-state index in [0.717, 1.165) is 16.9 Å². The number of thioether (sulfide) groups is 1. The van der Waals surface area contributed by atoms with Gasteiger partial charge in [-0.05, 0) is 18.6 Å². The average molecular weight is 503 g/mol. The number of β-lactam (4-membered cyclic amide) rings is 1. The van der Waals surface area contributed by atoms with Gasteiger partial charge in [0, 0.05) is 30.1 Å². The monoisotopic (exact) mass is 502 g/mol. The lowest BCUT2D eigenvalue weighted by Gasteiger charge is -2.53. The molecule has 0 spiro atoms. The molecule has 2 aromatic heterocycles. The van der Waals surface area contributed by atoms with Crippen molar-refractivity contribution >= 4 is 57.8 Å². The summed E-state index contributed by atoms with van der Waals surface area (Å²) in [5.74, 6) is -1.77. The zero-order valence-electron chi connectivity index (χ0n) is 18.1. The number of pyridine rings is 1. The smallest absolute Gasteiger partial charge is 0.316 e. The standard InChI is InChI=1S/C21H22N6O5S2/c1-2-32-26-14(13-9-33-20(22)24-13)16(28)25-15-17(29)27-10-21(19(30)31,11-34-18(15)27)6-5-12-4-3-7-23-8-12/h3-9,15,18H,2,10-11H2,1H3,(H2,22,24)(H,25,28)(H,30,31)/t15?,18-,21?/m1/s1. The molecule has 0 saturated carbocycles. The van der Waals surface area contributed by atoms with Crippen LogP contribution in [0, 0.1) is 5.41 Å². The molecule has 2 fully saturated rings. The number of aromatic nitrogens is 2. The van der Waals surface area contributed by atoms with E-state index in [1.807, 2.05) is 6.07 Å². The minimum Gasteiger partial charge on any atom is -0.481 e. The van der Waals surface area contributed by atoms with Gasteiger partial charge >= 0.3 is 5.97 Å². The Morgan fingerprint density at radius 3 is 2.97 bits per heavy atom. The number of carboxylic acids is 1. The molecule has 178 valence electrons. The van der Waals surface area contributed by atoms with Crippen molar-refractivity contribution in [2.75, 3.05) is 24.6 Å². The van der Waals surface area contributed by atoms with Gasteiger partial charge in [-0.15, -0.1) is 23.1 Å². The first-order valence-electron chi connectivity index (χ1n) is 10.3. The Hall–Kier alpha value is -3.45. The summed E-state index contributed by atoms with van der Waals surface area (Å²) in [6.45, 7) is 1.97. The third-order valence-electron chi connectivity index (χ3n) is 5.36. The summed E-state index contributed by atoms with van der Waals surface area (Å²) in [7, 11) is 0. The number of nitrogen functional groups attached to an aromatic ring is 1. The number of nitrogens with one attached hydrogen (secondary N) is 1. The van der Waals surface area contributed by atoms with Crippen molar-refractivity contribution in [3.8, 4) is 0 Å². The van der Waals surface area contributed by atoms with Gasteiger partial charge in [0.2, 0.25) is 5.91 Å². The molecule has 4 heterocycles. The predicted molar refractivity (Wildman–Crippen MR) is 128 cm³/mol. The average Bonchev–Trinajstić information content (AvgIpc) is 3.27. The molecule has 0 bridgehead atoms. The fourth-order valence-electron chi connectivity index (χ4n) is 3.57. The van der Waals surface area contributed by atoms with Gasteiger partial charge in [-0.1, -0.05) is 23.4 Å². The number of hydrogen-bond donors (Lipinski definition) is 3. The Bertz CT molecular complexity index is 1150.